The first-order valence-corrected chi connectivity index (χ1v) is 7.96. The van der Waals surface area contributed by atoms with Gasteiger partial charge in [0.25, 0.3) is 0 Å². The third-order valence-electron chi connectivity index (χ3n) is 2.43. The maximum atomic E-state index is 11.8. The third kappa shape index (κ3) is 3.67. The molecule has 0 bridgehead atoms. The lowest BCUT2D eigenvalue weighted by Crippen LogP contribution is -2.14. The number of thioether (sulfide) groups is 1. The lowest BCUT2D eigenvalue weighted by Gasteiger charge is -2.06. The van der Waals surface area contributed by atoms with Crippen LogP contribution in [0, 0.1) is 0 Å². The van der Waals surface area contributed by atoms with Crippen molar-refractivity contribution in [3.63, 3.8) is 0 Å². The highest BCUT2D eigenvalue weighted by atomic mass is 32.2. The van der Waals surface area contributed by atoms with Gasteiger partial charge in [-0.3, -0.25) is 4.79 Å². The Hall–Kier alpha value is -1.67. The van der Waals surface area contributed by atoms with Gasteiger partial charge in [0, 0.05) is 24.5 Å². The predicted octanol–water partition coefficient (Wildman–Crippen LogP) is 2.21. The van der Waals surface area contributed by atoms with Crippen molar-refractivity contribution >= 4 is 34.1 Å². The van der Waals surface area contributed by atoms with E-state index in [-0.39, 0.29) is 11.7 Å². The summed E-state index contributed by atoms with van der Waals surface area (Å²) in [6.45, 7) is 6.39. The molecule has 2 heterocycles. The average Bonchev–Trinajstić information content (AvgIpc) is 3.07. The molecule has 0 saturated carbocycles. The van der Waals surface area contributed by atoms with Crippen molar-refractivity contribution in [1.29, 1.82) is 0 Å². The average molecular weight is 309 g/mol. The van der Waals surface area contributed by atoms with Crippen LogP contribution in [0.2, 0.25) is 0 Å². The van der Waals surface area contributed by atoms with Gasteiger partial charge in [0.1, 0.15) is 5.82 Å². The SMILES string of the molecule is C=CCn1c(CC)nnc1SCC(=O)Nc1nccs1. The van der Waals surface area contributed by atoms with Gasteiger partial charge in [-0.15, -0.1) is 28.1 Å². The summed E-state index contributed by atoms with van der Waals surface area (Å²) >= 11 is 2.75. The second kappa shape index (κ2) is 7.20. The van der Waals surface area contributed by atoms with Crippen molar-refractivity contribution in [1.82, 2.24) is 19.7 Å². The van der Waals surface area contributed by atoms with E-state index in [1.54, 1.807) is 12.3 Å². The van der Waals surface area contributed by atoms with Crippen molar-refractivity contribution < 1.29 is 4.79 Å². The van der Waals surface area contributed by atoms with E-state index in [1.807, 2.05) is 16.9 Å². The molecule has 2 aromatic rings. The zero-order valence-electron chi connectivity index (χ0n) is 11.1. The number of amides is 1. The molecule has 1 amide bonds. The van der Waals surface area contributed by atoms with Crippen LogP contribution in [-0.2, 0) is 17.8 Å². The van der Waals surface area contributed by atoms with Crippen LogP contribution < -0.4 is 5.32 Å². The van der Waals surface area contributed by atoms with Gasteiger partial charge in [-0.1, -0.05) is 24.8 Å². The fraction of sp³-hybridized carbons (Fsp3) is 0.333. The molecule has 20 heavy (non-hydrogen) atoms. The smallest absolute Gasteiger partial charge is 0.236 e. The molecule has 106 valence electrons. The normalized spacial score (nSPS) is 10.4. The number of aromatic nitrogens is 4. The number of carbonyl (C=O) groups is 1. The van der Waals surface area contributed by atoms with E-state index in [9.17, 15) is 4.79 Å². The zero-order chi connectivity index (χ0) is 14.4. The lowest BCUT2D eigenvalue weighted by molar-refractivity contribution is -0.113. The standard InChI is InChI=1S/C12H15N5OS2/c1-3-6-17-9(4-2)15-16-12(17)20-8-10(18)14-11-13-5-7-19-11/h3,5,7H,1,4,6,8H2,2H3,(H,13,14,18). The van der Waals surface area contributed by atoms with E-state index >= 15 is 0 Å². The Balaban J connectivity index is 1.94. The number of rotatable bonds is 7. The molecule has 0 unspecified atom stereocenters. The van der Waals surface area contributed by atoms with Crippen LogP contribution in [0.4, 0.5) is 5.13 Å². The van der Waals surface area contributed by atoms with E-state index in [0.717, 1.165) is 17.4 Å². The van der Waals surface area contributed by atoms with Crippen molar-refractivity contribution in [3.05, 3.63) is 30.1 Å². The molecule has 0 aromatic carbocycles. The highest BCUT2D eigenvalue weighted by Gasteiger charge is 2.12. The van der Waals surface area contributed by atoms with Gasteiger partial charge < -0.3 is 9.88 Å². The molecule has 0 spiro atoms. The molecule has 8 heteroatoms. The molecule has 1 N–H and O–H groups in total. The van der Waals surface area contributed by atoms with Gasteiger partial charge in [0.05, 0.1) is 5.75 Å². The molecule has 0 aliphatic rings. The minimum atomic E-state index is -0.101. The number of nitrogens with zero attached hydrogens (tertiary/aromatic N) is 4. The topological polar surface area (TPSA) is 72.7 Å². The molecule has 0 fully saturated rings. The Bertz CT molecular complexity index is 579. The minimum absolute atomic E-state index is 0.101. The van der Waals surface area contributed by atoms with Gasteiger partial charge >= 0.3 is 0 Å². The molecule has 0 aliphatic carbocycles. The molecule has 6 nitrogen and oxygen atoms in total. The molecule has 2 aromatic heterocycles. The highest BCUT2D eigenvalue weighted by molar-refractivity contribution is 7.99. The summed E-state index contributed by atoms with van der Waals surface area (Å²) in [7, 11) is 0. The highest BCUT2D eigenvalue weighted by Crippen LogP contribution is 2.18. The molecule has 0 saturated heterocycles. The Morgan fingerprint density at radius 2 is 2.45 bits per heavy atom. The van der Waals surface area contributed by atoms with Crippen molar-refractivity contribution in [2.24, 2.45) is 0 Å². The van der Waals surface area contributed by atoms with Crippen LogP contribution >= 0.6 is 23.1 Å². The maximum absolute atomic E-state index is 11.8. The summed E-state index contributed by atoms with van der Waals surface area (Å²) in [5, 5.41) is 14.1. The molecule has 0 atom stereocenters. The summed E-state index contributed by atoms with van der Waals surface area (Å²) in [5.41, 5.74) is 0. The van der Waals surface area contributed by atoms with Crippen LogP contribution in [0.3, 0.4) is 0 Å². The second-order valence-electron chi connectivity index (χ2n) is 3.83. The monoisotopic (exact) mass is 309 g/mol. The van der Waals surface area contributed by atoms with Gasteiger partial charge in [0.2, 0.25) is 5.91 Å². The van der Waals surface area contributed by atoms with Crippen molar-refractivity contribution in [2.45, 2.75) is 25.0 Å². The summed E-state index contributed by atoms with van der Waals surface area (Å²) in [6.07, 6.45) is 4.25. The number of nitrogens with one attached hydrogen (secondary N) is 1. The fourth-order valence-corrected chi connectivity index (χ4v) is 2.88. The van der Waals surface area contributed by atoms with Crippen LogP contribution in [0.1, 0.15) is 12.7 Å². The largest absolute Gasteiger partial charge is 0.302 e. The number of thiazole rings is 1. The Morgan fingerprint density at radius 3 is 3.10 bits per heavy atom. The van der Waals surface area contributed by atoms with E-state index in [1.165, 1.54) is 23.1 Å². The number of anilines is 1. The molecule has 2 rings (SSSR count). The van der Waals surface area contributed by atoms with Gasteiger partial charge in [0.15, 0.2) is 10.3 Å². The number of carbonyl (C=O) groups excluding carboxylic acids is 1. The first kappa shape index (κ1) is 14.7. The first-order chi connectivity index (χ1) is 9.74. The summed E-state index contributed by atoms with van der Waals surface area (Å²) < 4.78 is 1.97. The van der Waals surface area contributed by atoms with Crippen LogP contribution in [0.5, 0.6) is 0 Å². The van der Waals surface area contributed by atoms with Crippen LogP contribution in [0.25, 0.3) is 0 Å². The summed E-state index contributed by atoms with van der Waals surface area (Å²) in [5.74, 6) is 1.07. The van der Waals surface area contributed by atoms with Gasteiger partial charge in [-0.2, -0.15) is 0 Å². The number of hydrogen-bond acceptors (Lipinski definition) is 6. The van der Waals surface area contributed by atoms with Crippen molar-refractivity contribution in [2.75, 3.05) is 11.1 Å². The predicted molar refractivity (Wildman–Crippen MR) is 81.1 cm³/mol. The van der Waals surface area contributed by atoms with Crippen LogP contribution in [-0.4, -0.2) is 31.4 Å². The summed E-state index contributed by atoms with van der Waals surface area (Å²) in [4.78, 5) is 15.8. The Kier molecular flexibility index (Phi) is 5.31. The Morgan fingerprint density at radius 1 is 1.60 bits per heavy atom. The molecule has 0 radical (unpaired) electrons. The first-order valence-electron chi connectivity index (χ1n) is 6.09. The van der Waals surface area contributed by atoms with Gasteiger partial charge in [-0.25, -0.2) is 4.98 Å². The van der Waals surface area contributed by atoms with E-state index in [4.69, 9.17) is 0 Å². The lowest BCUT2D eigenvalue weighted by atomic mass is 10.4. The van der Waals surface area contributed by atoms with Gasteiger partial charge in [-0.05, 0) is 0 Å². The minimum Gasteiger partial charge on any atom is -0.302 e. The van der Waals surface area contributed by atoms with E-state index in [0.29, 0.717) is 11.7 Å². The molecular weight excluding hydrogens is 294 g/mol. The van der Waals surface area contributed by atoms with Crippen LogP contribution in [0.15, 0.2) is 29.4 Å². The maximum Gasteiger partial charge on any atom is 0.236 e. The number of hydrogen-bond donors (Lipinski definition) is 1. The van der Waals surface area contributed by atoms with Crippen molar-refractivity contribution in [3.8, 4) is 0 Å². The zero-order valence-corrected chi connectivity index (χ0v) is 12.7. The number of aryl methyl sites for hydroxylation is 1. The molecular formula is C12H15N5OS2. The molecule has 0 aliphatic heterocycles. The fourth-order valence-electron chi connectivity index (χ4n) is 1.57. The third-order valence-corrected chi connectivity index (χ3v) is 4.09. The second-order valence-corrected chi connectivity index (χ2v) is 5.66. The number of allylic oxidation sites excluding steroid dienone is 1. The van der Waals surface area contributed by atoms with E-state index in [2.05, 4.69) is 27.1 Å². The summed E-state index contributed by atoms with van der Waals surface area (Å²) in [6, 6.07) is 0. The van der Waals surface area contributed by atoms with E-state index < -0.39 is 0 Å². The Labute approximate surface area is 125 Å². The quantitative estimate of drug-likeness (QED) is 0.627.